The van der Waals surface area contributed by atoms with E-state index in [4.69, 9.17) is 18.9 Å². The van der Waals surface area contributed by atoms with Gasteiger partial charge in [-0.3, -0.25) is 0 Å². The number of thiophene rings is 1. The lowest BCUT2D eigenvalue weighted by Gasteiger charge is -2.27. The first-order chi connectivity index (χ1) is 27.0. The van der Waals surface area contributed by atoms with Crippen LogP contribution in [0.3, 0.4) is 0 Å². The smallest absolute Gasteiger partial charge is 0.125 e. The predicted molar refractivity (Wildman–Crippen MR) is 245 cm³/mol. The Hall–Kier alpha value is -4.22. The van der Waals surface area contributed by atoms with Crippen LogP contribution in [-0.4, -0.2) is 28.4 Å². The number of hydrogen-bond acceptors (Lipinski definition) is 5. The van der Waals surface area contributed by atoms with E-state index in [-0.39, 0.29) is 21.7 Å². The van der Waals surface area contributed by atoms with Crippen molar-refractivity contribution in [2.24, 2.45) is 0 Å². The third-order valence-corrected chi connectivity index (χ3v) is 12.9. The van der Waals surface area contributed by atoms with Crippen LogP contribution in [-0.2, 0) is 53.8 Å². The van der Waals surface area contributed by atoms with Gasteiger partial charge in [-0.2, -0.15) is 0 Å². The molecule has 0 radical (unpaired) electrons. The number of hydrogen-bond donors (Lipinski definition) is 0. The number of fused-ring (bicyclic) bond motifs is 10. The Morgan fingerprint density at radius 3 is 0.690 bits per heavy atom. The SMILES string of the molecule is COc1c2cc(C(C)(C)C)cc1Cc1cc(C(C)(C)C)cc(c1OC)Cc1cc(C(C)(C)C)cc(c1OC)Cc1cc(C(C)(C)C)cc(c1OC)Cc1ccc(s1)C2. The molecule has 0 unspecified atom stereocenters. The third-order valence-electron chi connectivity index (χ3n) is 11.8. The van der Waals surface area contributed by atoms with Crippen molar-refractivity contribution in [3.05, 3.63) is 137 Å². The van der Waals surface area contributed by atoms with E-state index in [1.807, 2.05) is 39.8 Å². The van der Waals surface area contributed by atoms with E-state index in [0.717, 1.165) is 58.1 Å². The van der Waals surface area contributed by atoms with Gasteiger partial charge in [-0.25, -0.2) is 0 Å². The number of methoxy groups -OCH3 is 4. The second-order valence-electron chi connectivity index (χ2n) is 20.6. The van der Waals surface area contributed by atoms with E-state index in [2.05, 4.69) is 144 Å². The Morgan fingerprint density at radius 2 is 0.517 bits per heavy atom. The van der Waals surface area contributed by atoms with Crippen molar-refractivity contribution in [2.75, 3.05) is 28.4 Å². The highest BCUT2D eigenvalue weighted by Crippen LogP contribution is 2.43. The molecular formula is C53H68O4S. The van der Waals surface area contributed by atoms with E-state index >= 15 is 0 Å². The molecule has 58 heavy (non-hydrogen) atoms. The molecule has 0 saturated heterocycles. The van der Waals surface area contributed by atoms with Crippen LogP contribution >= 0.6 is 11.3 Å². The van der Waals surface area contributed by atoms with Crippen LogP contribution < -0.4 is 18.9 Å². The molecule has 1 aliphatic heterocycles. The minimum Gasteiger partial charge on any atom is -0.496 e. The van der Waals surface area contributed by atoms with Gasteiger partial charge in [0.15, 0.2) is 0 Å². The zero-order valence-corrected chi connectivity index (χ0v) is 39.2. The molecule has 1 aromatic heterocycles. The predicted octanol–water partition coefficient (Wildman–Crippen LogP) is 13.2. The molecule has 0 spiro atoms. The highest BCUT2D eigenvalue weighted by molar-refractivity contribution is 7.12. The standard InChI is InChI=1S/C53H68O4S/c1-50(2,3)40-22-32-19-33-23-41(51(4,5)6)25-35(47(33)55-14)21-37-27-43(53(10,11)12)29-39(49(37)57-16)31-45-18-17-44(58-45)30-38-28-42(52(7,8)9)26-36(48(38)56-15)20-34(24-40)46(32)54-13/h17-18,22-29H,19-21,30-31H2,1-16H3. The third kappa shape index (κ3) is 9.15. The van der Waals surface area contributed by atoms with E-state index in [0.29, 0.717) is 19.3 Å². The molecule has 0 atom stereocenters. The lowest BCUT2D eigenvalue weighted by molar-refractivity contribution is 0.396. The maximum atomic E-state index is 6.47. The van der Waals surface area contributed by atoms with E-state index in [9.17, 15) is 0 Å². The van der Waals surface area contributed by atoms with Crippen LogP contribution in [0.5, 0.6) is 23.0 Å². The molecular weight excluding hydrogens is 733 g/mol. The minimum absolute atomic E-state index is 0.0503. The number of ether oxygens (including phenoxy) is 4. The van der Waals surface area contributed by atoms with Crippen LogP contribution in [0.25, 0.3) is 0 Å². The summed E-state index contributed by atoms with van der Waals surface area (Å²) in [4.78, 5) is 2.63. The first kappa shape index (κ1) is 43.4. The molecule has 310 valence electrons. The molecule has 0 aliphatic carbocycles. The van der Waals surface area contributed by atoms with Gasteiger partial charge in [0.25, 0.3) is 0 Å². The van der Waals surface area contributed by atoms with Crippen LogP contribution in [0.15, 0.2) is 60.7 Å². The fourth-order valence-electron chi connectivity index (χ4n) is 8.45. The highest BCUT2D eigenvalue weighted by atomic mass is 32.1. The van der Waals surface area contributed by atoms with Crippen LogP contribution in [0.4, 0.5) is 0 Å². The lowest BCUT2D eigenvalue weighted by Crippen LogP contribution is -2.16. The fourth-order valence-corrected chi connectivity index (χ4v) is 9.52. The summed E-state index contributed by atoms with van der Waals surface area (Å²) in [5.41, 5.74) is 14.3. The Bertz CT molecular complexity index is 2140. The number of benzene rings is 4. The van der Waals surface area contributed by atoms with Gasteiger partial charge in [0.2, 0.25) is 0 Å². The largest absolute Gasteiger partial charge is 0.496 e. The molecule has 2 heterocycles. The molecule has 10 bridgehead atoms. The van der Waals surface area contributed by atoms with Gasteiger partial charge in [0, 0.05) is 41.9 Å². The zero-order valence-electron chi connectivity index (χ0n) is 38.4. The molecule has 0 fully saturated rings. The summed E-state index contributed by atoms with van der Waals surface area (Å²) in [5, 5.41) is 0. The van der Waals surface area contributed by atoms with Crippen molar-refractivity contribution in [2.45, 2.75) is 137 Å². The molecule has 6 rings (SSSR count). The average molecular weight is 801 g/mol. The van der Waals surface area contributed by atoms with Gasteiger partial charge >= 0.3 is 0 Å². The van der Waals surface area contributed by atoms with Gasteiger partial charge in [-0.05, 0) is 101 Å². The topological polar surface area (TPSA) is 36.9 Å². The molecule has 5 aromatic rings. The molecule has 4 nitrogen and oxygen atoms in total. The molecule has 0 saturated carbocycles. The monoisotopic (exact) mass is 800 g/mol. The first-order valence-electron chi connectivity index (χ1n) is 20.9. The normalized spacial score (nSPS) is 13.9. The van der Waals surface area contributed by atoms with E-state index in [1.54, 1.807) is 0 Å². The van der Waals surface area contributed by atoms with E-state index in [1.165, 1.54) is 54.3 Å². The number of rotatable bonds is 4. The van der Waals surface area contributed by atoms with Crippen molar-refractivity contribution in [3.63, 3.8) is 0 Å². The molecule has 1 aliphatic rings. The van der Waals surface area contributed by atoms with E-state index < -0.39 is 0 Å². The quantitative estimate of drug-likeness (QED) is 0.178. The van der Waals surface area contributed by atoms with Gasteiger partial charge in [-0.1, -0.05) is 132 Å². The van der Waals surface area contributed by atoms with Crippen molar-refractivity contribution < 1.29 is 18.9 Å². The summed E-state index contributed by atoms with van der Waals surface area (Å²) >= 11 is 1.89. The first-order valence-corrected chi connectivity index (χ1v) is 21.7. The zero-order chi connectivity index (χ0) is 42.5. The summed E-state index contributed by atoms with van der Waals surface area (Å²) in [6, 6.07) is 23.5. The second-order valence-corrected chi connectivity index (χ2v) is 21.8. The van der Waals surface area contributed by atoms with Gasteiger partial charge in [0.1, 0.15) is 23.0 Å². The van der Waals surface area contributed by atoms with Gasteiger partial charge in [0.05, 0.1) is 28.4 Å². The summed E-state index contributed by atoms with van der Waals surface area (Å²) in [6.45, 7) is 27.6. The Balaban J connectivity index is 1.72. The van der Waals surface area contributed by atoms with Crippen molar-refractivity contribution in [1.82, 2.24) is 0 Å². The summed E-state index contributed by atoms with van der Waals surface area (Å²) in [5.74, 6) is 3.75. The Labute approximate surface area is 354 Å². The average Bonchev–Trinajstić information content (AvgIpc) is 3.55. The highest BCUT2D eigenvalue weighted by Gasteiger charge is 2.28. The maximum absolute atomic E-state index is 6.47. The summed E-state index contributed by atoms with van der Waals surface area (Å²) in [7, 11) is 7.29. The minimum atomic E-state index is -0.0856. The maximum Gasteiger partial charge on any atom is 0.125 e. The van der Waals surface area contributed by atoms with Gasteiger partial charge in [-0.15, -0.1) is 11.3 Å². The molecule has 4 aromatic carbocycles. The van der Waals surface area contributed by atoms with Crippen molar-refractivity contribution in [1.29, 1.82) is 0 Å². The molecule has 5 heteroatoms. The summed E-state index contributed by atoms with van der Waals surface area (Å²) < 4.78 is 25.7. The summed E-state index contributed by atoms with van der Waals surface area (Å²) in [6.07, 6.45) is 3.62. The Kier molecular flexibility index (Phi) is 12.0. The molecule has 0 N–H and O–H groups in total. The Morgan fingerprint density at radius 1 is 0.328 bits per heavy atom. The van der Waals surface area contributed by atoms with Crippen LogP contribution in [0.2, 0.25) is 0 Å². The van der Waals surface area contributed by atoms with Crippen molar-refractivity contribution in [3.8, 4) is 23.0 Å². The second kappa shape index (κ2) is 16.1. The van der Waals surface area contributed by atoms with Gasteiger partial charge < -0.3 is 18.9 Å². The lowest BCUT2D eigenvalue weighted by atomic mass is 9.80. The molecule has 0 amide bonds. The van der Waals surface area contributed by atoms with Crippen molar-refractivity contribution >= 4 is 11.3 Å². The fraction of sp³-hybridized carbons (Fsp3) is 0.472. The van der Waals surface area contributed by atoms with Crippen LogP contribution in [0, 0.1) is 0 Å². The van der Waals surface area contributed by atoms with Crippen LogP contribution in [0.1, 0.15) is 160 Å².